The molecule has 0 aliphatic carbocycles. The average molecular weight is 241 g/mol. The Kier molecular flexibility index (Phi) is 2.61. The van der Waals surface area contributed by atoms with Crippen LogP contribution in [0.2, 0.25) is 0 Å². The summed E-state index contributed by atoms with van der Waals surface area (Å²) in [5.74, 6) is 1.31. The van der Waals surface area contributed by atoms with Gasteiger partial charge in [-0.3, -0.25) is 0 Å². The molecule has 0 amide bonds. The molecule has 90 valence electrons. The molecule has 3 rings (SSSR count). The van der Waals surface area contributed by atoms with Gasteiger partial charge in [-0.2, -0.15) is 0 Å². The van der Waals surface area contributed by atoms with Gasteiger partial charge >= 0.3 is 0 Å². The molecule has 18 heavy (non-hydrogen) atoms. The Morgan fingerprint density at radius 2 is 1.89 bits per heavy atom. The minimum Gasteiger partial charge on any atom is -0.506 e. The monoisotopic (exact) mass is 241 g/mol. The van der Waals surface area contributed by atoms with Gasteiger partial charge in [-0.25, -0.2) is 4.98 Å². The number of oxazole rings is 1. The molecule has 4 heteroatoms. The topological polar surface area (TPSA) is 55.5 Å². The van der Waals surface area contributed by atoms with Crippen LogP contribution < -0.4 is 4.74 Å². The third-order valence-corrected chi connectivity index (χ3v) is 2.55. The number of fused-ring (bicyclic) bond motifs is 1. The Labute approximate surface area is 103 Å². The summed E-state index contributed by atoms with van der Waals surface area (Å²) in [7, 11) is 0. The molecule has 0 spiro atoms. The van der Waals surface area contributed by atoms with E-state index < -0.39 is 0 Å². The first-order valence-corrected chi connectivity index (χ1v) is 5.58. The second kappa shape index (κ2) is 4.41. The number of aromatic hydroxyl groups is 1. The Bertz CT molecular complexity index is 661. The van der Waals surface area contributed by atoms with Gasteiger partial charge in [0.2, 0.25) is 5.89 Å². The lowest BCUT2D eigenvalue weighted by atomic mass is 10.3. The number of ether oxygens (including phenoxy) is 1. The number of benzene rings is 2. The van der Waals surface area contributed by atoms with Crippen molar-refractivity contribution in [1.82, 2.24) is 4.98 Å². The van der Waals surface area contributed by atoms with E-state index in [4.69, 9.17) is 9.15 Å². The third kappa shape index (κ3) is 2.00. The molecule has 1 N–H and O–H groups in total. The smallest absolute Gasteiger partial charge is 0.233 e. The summed E-state index contributed by atoms with van der Waals surface area (Å²) >= 11 is 0. The zero-order chi connectivity index (χ0) is 12.4. The van der Waals surface area contributed by atoms with E-state index in [2.05, 4.69) is 4.98 Å². The molecule has 0 saturated heterocycles. The van der Waals surface area contributed by atoms with E-state index in [1.54, 1.807) is 18.2 Å². The largest absolute Gasteiger partial charge is 0.506 e. The SMILES string of the molecule is Oc1cccc2oc(COc3ccccc3)nc12. The maximum absolute atomic E-state index is 9.61. The summed E-state index contributed by atoms with van der Waals surface area (Å²) in [6.45, 7) is 0.234. The fourth-order valence-corrected chi connectivity index (χ4v) is 1.70. The standard InChI is InChI=1S/C14H11NO3/c16-11-7-4-8-12-14(11)15-13(18-12)9-17-10-5-2-1-3-6-10/h1-8,16H,9H2. The predicted molar refractivity (Wildman–Crippen MR) is 66.4 cm³/mol. The van der Waals surface area contributed by atoms with Crippen LogP contribution in [-0.2, 0) is 6.61 Å². The number of phenols is 1. The molecule has 3 aromatic rings. The van der Waals surface area contributed by atoms with E-state index in [0.29, 0.717) is 17.0 Å². The van der Waals surface area contributed by atoms with Crippen molar-refractivity contribution in [2.75, 3.05) is 0 Å². The molecular weight excluding hydrogens is 230 g/mol. The lowest BCUT2D eigenvalue weighted by molar-refractivity contribution is 0.267. The highest BCUT2D eigenvalue weighted by atomic mass is 16.5. The van der Waals surface area contributed by atoms with Crippen LogP contribution in [0.4, 0.5) is 0 Å². The molecule has 0 bridgehead atoms. The van der Waals surface area contributed by atoms with Crippen LogP contribution in [0.25, 0.3) is 11.1 Å². The first-order chi connectivity index (χ1) is 8.83. The second-order valence-electron chi connectivity index (χ2n) is 3.83. The quantitative estimate of drug-likeness (QED) is 0.765. The van der Waals surface area contributed by atoms with Crippen molar-refractivity contribution in [2.24, 2.45) is 0 Å². The fraction of sp³-hybridized carbons (Fsp3) is 0.0714. The molecule has 0 atom stereocenters. The number of phenolic OH excluding ortho intramolecular Hbond substituents is 1. The molecule has 0 aliphatic rings. The summed E-state index contributed by atoms with van der Waals surface area (Å²) in [6.07, 6.45) is 0. The van der Waals surface area contributed by atoms with Crippen LogP contribution in [0, 0.1) is 0 Å². The Hall–Kier alpha value is -2.49. The van der Waals surface area contributed by atoms with Crippen molar-refractivity contribution in [1.29, 1.82) is 0 Å². The number of nitrogens with zero attached hydrogens (tertiary/aromatic N) is 1. The minimum absolute atomic E-state index is 0.113. The van der Waals surface area contributed by atoms with Crippen molar-refractivity contribution >= 4 is 11.1 Å². The van der Waals surface area contributed by atoms with Crippen molar-refractivity contribution < 1.29 is 14.3 Å². The van der Waals surface area contributed by atoms with Crippen LogP contribution in [0.15, 0.2) is 52.9 Å². The summed E-state index contributed by atoms with van der Waals surface area (Å²) in [5, 5.41) is 9.61. The maximum atomic E-state index is 9.61. The summed E-state index contributed by atoms with van der Waals surface area (Å²) in [4.78, 5) is 4.19. The summed E-state index contributed by atoms with van der Waals surface area (Å²) < 4.78 is 11.0. The number of rotatable bonds is 3. The maximum Gasteiger partial charge on any atom is 0.233 e. The molecule has 0 fully saturated rings. The molecule has 0 aliphatic heterocycles. The van der Waals surface area contributed by atoms with Gasteiger partial charge in [0.15, 0.2) is 17.7 Å². The van der Waals surface area contributed by atoms with Gasteiger partial charge < -0.3 is 14.3 Å². The van der Waals surface area contributed by atoms with Crippen molar-refractivity contribution in [3.63, 3.8) is 0 Å². The first kappa shape index (κ1) is 10.7. The van der Waals surface area contributed by atoms with E-state index in [0.717, 1.165) is 5.75 Å². The number of hydrogen-bond donors (Lipinski definition) is 1. The normalized spacial score (nSPS) is 10.7. The van der Waals surface area contributed by atoms with Crippen molar-refractivity contribution in [3.8, 4) is 11.5 Å². The lowest BCUT2D eigenvalue weighted by Crippen LogP contribution is -1.94. The highest BCUT2D eigenvalue weighted by molar-refractivity contribution is 5.79. The van der Waals surface area contributed by atoms with Gasteiger partial charge in [-0.05, 0) is 24.3 Å². The summed E-state index contributed by atoms with van der Waals surface area (Å²) in [6, 6.07) is 14.5. The second-order valence-corrected chi connectivity index (χ2v) is 3.83. The zero-order valence-corrected chi connectivity index (χ0v) is 9.54. The predicted octanol–water partition coefficient (Wildman–Crippen LogP) is 3.11. The third-order valence-electron chi connectivity index (χ3n) is 2.55. The Morgan fingerprint density at radius 1 is 1.06 bits per heavy atom. The highest BCUT2D eigenvalue weighted by Crippen LogP contribution is 2.24. The zero-order valence-electron chi connectivity index (χ0n) is 9.54. The highest BCUT2D eigenvalue weighted by Gasteiger charge is 2.09. The Morgan fingerprint density at radius 3 is 2.67 bits per heavy atom. The number of para-hydroxylation sites is 2. The van der Waals surface area contributed by atoms with Crippen molar-refractivity contribution in [2.45, 2.75) is 6.61 Å². The van der Waals surface area contributed by atoms with E-state index in [1.165, 1.54) is 0 Å². The molecule has 0 radical (unpaired) electrons. The van der Waals surface area contributed by atoms with Crippen molar-refractivity contribution in [3.05, 3.63) is 54.4 Å². The fourth-order valence-electron chi connectivity index (χ4n) is 1.70. The minimum atomic E-state index is 0.113. The summed E-state index contributed by atoms with van der Waals surface area (Å²) in [5.41, 5.74) is 1.02. The van der Waals surface area contributed by atoms with Crippen LogP contribution in [0.1, 0.15) is 5.89 Å². The van der Waals surface area contributed by atoms with E-state index >= 15 is 0 Å². The molecule has 0 unspecified atom stereocenters. The molecule has 0 saturated carbocycles. The lowest BCUT2D eigenvalue weighted by Gasteiger charge is -2.01. The van der Waals surface area contributed by atoms with E-state index in [9.17, 15) is 5.11 Å². The number of aromatic nitrogens is 1. The van der Waals surface area contributed by atoms with Crippen LogP contribution in [0.5, 0.6) is 11.5 Å². The van der Waals surface area contributed by atoms with Gasteiger partial charge in [-0.15, -0.1) is 0 Å². The van der Waals surface area contributed by atoms with Crippen LogP contribution in [-0.4, -0.2) is 10.1 Å². The Balaban J connectivity index is 1.81. The van der Waals surface area contributed by atoms with Crippen LogP contribution >= 0.6 is 0 Å². The molecule has 2 aromatic carbocycles. The van der Waals surface area contributed by atoms with E-state index in [1.807, 2.05) is 30.3 Å². The average Bonchev–Trinajstić information content (AvgIpc) is 2.82. The van der Waals surface area contributed by atoms with Gasteiger partial charge in [0, 0.05) is 0 Å². The number of hydrogen-bond acceptors (Lipinski definition) is 4. The van der Waals surface area contributed by atoms with Crippen LogP contribution in [0.3, 0.4) is 0 Å². The molecule has 4 nitrogen and oxygen atoms in total. The molecule has 1 aromatic heterocycles. The van der Waals surface area contributed by atoms with Gasteiger partial charge in [0.1, 0.15) is 11.5 Å². The first-order valence-electron chi connectivity index (χ1n) is 5.58. The molecular formula is C14H11NO3. The van der Waals surface area contributed by atoms with Gasteiger partial charge in [0.05, 0.1) is 0 Å². The van der Waals surface area contributed by atoms with Gasteiger partial charge in [0.25, 0.3) is 0 Å². The van der Waals surface area contributed by atoms with E-state index in [-0.39, 0.29) is 12.4 Å². The molecule has 1 heterocycles. The van der Waals surface area contributed by atoms with Gasteiger partial charge in [-0.1, -0.05) is 24.3 Å².